The van der Waals surface area contributed by atoms with Crippen molar-refractivity contribution in [3.05, 3.63) is 19.9 Å². The average Bonchev–Trinajstić information content (AvgIpc) is 2.60. The highest BCUT2D eigenvalue weighted by Crippen LogP contribution is 2.16. The van der Waals surface area contributed by atoms with E-state index in [0.717, 1.165) is 2.88 Å². The largest absolute Gasteiger partial charge is 0.480 e. The molecular formula is C8H7FINO3S. The second-order valence-corrected chi connectivity index (χ2v) is 5.46. The first-order valence-corrected chi connectivity index (χ1v) is 5.84. The molecule has 1 aromatic rings. The molecule has 1 aromatic heterocycles. The molecule has 4 nitrogen and oxygen atoms in total. The van der Waals surface area contributed by atoms with E-state index >= 15 is 0 Å². The molecule has 0 saturated heterocycles. The standard InChI is InChI=1S/C8H7FINO3S/c9-2-5(8(13)14)11-7(12)4-1-6(10)15-3-4/h1,3,5H,2H2,(H,11,12)(H,13,14). The van der Waals surface area contributed by atoms with Crippen LogP contribution in [0, 0.1) is 2.88 Å². The minimum Gasteiger partial charge on any atom is -0.480 e. The summed E-state index contributed by atoms with van der Waals surface area (Å²) in [5, 5.41) is 12.2. The maximum absolute atomic E-state index is 12.2. The van der Waals surface area contributed by atoms with Crippen molar-refractivity contribution in [1.29, 1.82) is 0 Å². The summed E-state index contributed by atoms with van der Waals surface area (Å²) in [6, 6.07) is 0.132. The van der Waals surface area contributed by atoms with Crippen LogP contribution < -0.4 is 5.32 Å². The Balaban J connectivity index is 2.66. The Morgan fingerprint density at radius 2 is 2.33 bits per heavy atom. The van der Waals surface area contributed by atoms with Gasteiger partial charge in [0.1, 0.15) is 6.67 Å². The Bertz CT molecular complexity index is 382. The number of carboxylic acid groups (broad SMARTS) is 1. The van der Waals surface area contributed by atoms with E-state index in [1.807, 2.05) is 22.6 Å². The molecule has 0 spiro atoms. The Morgan fingerprint density at radius 3 is 2.73 bits per heavy atom. The van der Waals surface area contributed by atoms with Gasteiger partial charge < -0.3 is 10.4 Å². The van der Waals surface area contributed by atoms with E-state index in [9.17, 15) is 14.0 Å². The summed E-state index contributed by atoms with van der Waals surface area (Å²) in [4.78, 5) is 21.8. The molecule has 1 unspecified atom stereocenters. The molecule has 0 aliphatic rings. The van der Waals surface area contributed by atoms with Crippen LogP contribution in [0.3, 0.4) is 0 Å². The smallest absolute Gasteiger partial charge is 0.328 e. The average molecular weight is 343 g/mol. The highest BCUT2D eigenvalue weighted by atomic mass is 127. The molecule has 1 heterocycles. The maximum atomic E-state index is 12.2. The maximum Gasteiger partial charge on any atom is 0.328 e. The molecule has 2 N–H and O–H groups in total. The van der Waals surface area contributed by atoms with E-state index in [-0.39, 0.29) is 0 Å². The molecule has 0 saturated carbocycles. The van der Waals surface area contributed by atoms with Crippen molar-refractivity contribution >= 4 is 45.8 Å². The van der Waals surface area contributed by atoms with Gasteiger partial charge in [-0.3, -0.25) is 4.79 Å². The molecule has 0 fully saturated rings. The van der Waals surface area contributed by atoms with Gasteiger partial charge in [-0.05, 0) is 28.7 Å². The number of alkyl halides is 1. The van der Waals surface area contributed by atoms with Gasteiger partial charge in [-0.1, -0.05) is 0 Å². The number of aliphatic carboxylic acids is 1. The van der Waals surface area contributed by atoms with Crippen LogP contribution in [0.4, 0.5) is 4.39 Å². The highest BCUT2D eigenvalue weighted by molar-refractivity contribution is 14.1. The fourth-order valence-corrected chi connectivity index (χ4v) is 2.16. The second-order valence-electron chi connectivity index (χ2n) is 2.66. The molecule has 0 bridgehead atoms. The molecule has 1 rings (SSSR count). The van der Waals surface area contributed by atoms with Crippen molar-refractivity contribution in [2.45, 2.75) is 6.04 Å². The van der Waals surface area contributed by atoms with Crippen LogP contribution in [0.2, 0.25) is 0 Å². The number of halogens is 2. The summed E-state index contributed by atoms with van der Waals surface area (Å²) in [5.74, 6) is -1.95. The monoisotopic (exact) mass is 343 g/mol. The Hall–Kier alpha value is -0.700. The molecule has 15 heavy (non-hydrogen) atoms. The van der Waals surface area contributed by atoms with Gasteiger partial charge in [0.15, 0.2) is 6.04 Å². The van der Waals surface area contributed by atoms with E-state index in [4.69, 9.17) is 5.11 Å². The zero-order valence-corrected chi connectivity index (χ0v) is 10.3. The van der Waals surface area contributed by atoms with Crippen LogP contribution in [0.1, 0.15) is 10.4 Å². The summed E-state index contributed by atoms with van der Waals surface area (Å²) in [7, 11) is 0. The number of nitrogens with one attached hydrogen (secondary N) is 1. The van der Waals surface area contributed by atoms with Gasteiger partial charge in [0, 0.05) is 5.38 Å². The van der Waals surface area contributed by atoms with Crippen molar-refractivity contribution in [3.63, 3.8) is 0 Å². The van der Waals surface area contributed by atoms with Gasteiger partial charge in [-0.25, -0.2) is 9.18 Å². The van der Waals surface area contributed by atoms with Crippen molar-refractivity contribution in [2.75, 3.05) is 6.67 Å². The summed E-state index contributed by atoms with van der Waals surface area (Å²) in [5.41, 5.74) is 0.351. The number of amides is 1. The molecule has 1 amide bonds. The third-order valence-corrected chi connectivity index (χ3v) is 3.38. The van der Waals surface area contributed by atoms with Crippen LogP contribution in [0.15, 0.2) is 11.4 Å². The van der Waals surface area contributed by atoms with Crippen LogP contribution >= 0.6 is 33.9 Å². The van der Waals surface area contributed by atoms with Gasteiger partial charge in [0.05, 0.1) is 8.45 Å². The van der Waals surface area contributed by atoms with Crippen LogP contribution in [0.25, 0.3) is 0 Å². The molecule has 7 heteroatoms. The lowest BCUT2D eigenvalue weighted by molar-refractivity contribution is -0.139. The van der Waals surface area contributed by atoms with Crippen molar-refractivity contribution < 1.29 is 19.1 Å². The fraction of sp³-hybridized carbons (Fsp3) is 0.250. The lowest BCUT2D eigenvalue weighted by Crippen LogP contribution is -2.42. The number of rotatable bonds is 4. The lowest BCUT2D eigenvalue weighted by atomic mass is 10.2. The van der Waals surface area contributed by atoms with Gasteiger partial charge >= 0.3 is 5.97 Å². The molecule has 0 radical (unpaired) electrons. The molecule has 82 valence electrons. The molecule has 0 aliphatic heterocycles. The van der Waals surface area contributed by atoms with E-state index in [1.165, 1.54) is 11.3 Å². The minimum atomic E-state index is -1.48. The molecule has 0 aromatic carbocycles. The Labute approximate surface area is 103 Å². The van der Waals surface area contributed by atoms with Gasteiger partial charge in [0.25, 0.3) is 5.91 Å². The van der Waals surface area contributed by atoms with Crippen molar-refractivity contribution in [3.8, 4) is 0 Å². The van der Waals surface area contributed by atoms with E-state index in [1.54, 1.807) is 11.4 Å². The van der Waals surface area contributed by atoms with Gasteiger partial charge in [-0.15, -0.1) is 11.3 Å². The van der Waals surface area contributed by atoms with Crippen LogP contribution in [-0.2, 0) is 4.79 Å². The highest BCUT2D eigenvalue weighted by Gasteiger charge is 2.20. The molecular weight excluding hydrogens is 336 g/mol. The van der Waals surface area contributed by atoms with Gasteiger partial charge in [0.2, 0.25) is 0 Å². The topological polar surface area (TPSA) is 66.4 Å². The summed E-state index contributed by atoms with van der Waals surface area (Å²) >= 11 is 3.40. The third-order valence-electron chi connectivity index (χ3n) is 1.59. The fourth-order valence-electron chi connectivity index (χ4n) is 0.837. The molecule has 1 atom stereocenters. The SMILES string of the molecule is O=C(NC(CF)C(=O)O)c1csc(I)c1. The van der Waals surface area contributed by atoms with E-state index < -0.39 is 24.6 Å². The number of carboxylic acids is 1. The number of carbonyl (C=O) groups excluding carboxylic acids is 1. The lowest BCUT2D eigenvalue weighted by Gasteiger charge is -2.09. The summed E-state index contributed by atoms with van der Waals surface area (Å²) in [6.07, 6.45) is 0. The summed E-state index contributed by atoms with van der Waals surface area (Å²) in [6.45, 7) is -1.12. The van der Waals surface area contributed by atoms with Gasteiger partial charge in [-0.2, -0.15) is 0 Å². The predicted octanol–water partition coefficient (Wildman–Crippen LogP) is 1.51. The predicted molar refractivity (Wildman–Crippen MR) is 61.9 cm³/mol. The third kappa shape index (κ3) is 3.42. The van der Waals surface area contributed by atoms with Crippen LogP contribution in [-0.4, -0.2) is 29.7 Å². The Kier molecular flexibility index (Phi) is 4.45. The second kappa shape index (κ2) is 5.40. The first-order chi connectivity index (χ1) is 7.04. The zero-order valence-electron chi connectivity index (χ0n) is 7.37. The first kappa shape index (κ1) is 12.4. The van der Waals surface area contributed by atoms with E-state index in [0.29, 0.717) is 5.56 Å². The molecule has 0 aliphatic carbocycles. The van der Waals surface area contributed by atoms with Crippen molar-refractivity contribution in [2.24, 2.45) is 0 Å². The van der Waals surface area contributed by atoms with Crippen molar-refractivity contribution in [1.82, 2.24) is 5.32 Å². The number of thiophene rings is 1. The van der Waals surface area contributed by atoms with E-state index in [2.05, 4.69) is 5.32 Å². The normalized spacial score (nSPS) is 12.1. The van der Waals surface area contributed by atoms with Crippen LogP contribution in [0.5, 0.6) is 0 Å². The quantitative estimate of drug-likeness (QED) is 0.815. The first-order valence-electron chi connectivity index (χ1n) is 3.88. The summed E-state index contributed by atoms with van der Waals surface area (Å²) < 4.78 is 13.1. The number of hydrogen-bond acceptors (Lipinski definition) is 3. The minimum absolute atomic E-state index is 0.351. The zero-order chi connectivity index (χ0) is 11.4. The Morgan fingerprint density at radius 1 is 1.67 bits per heavy atom. The number of carbonyl (C=O) groups is 2. The number of hydrogen-bond donors (Lipinski definition) is 2.